The molecule has 0 heterocycles. The number of esters is 1. The van der Waals surface area contributed by atoms with Gasteiger partial charge in [-0.15, -0.1) is 0 Å². The molecular weight excluding hydrogens is 448 g/mol. The zero-order chi connectivity index (χ0) is 24.6. The summed E-state index contributed by atoms with van der Waals surface area (Å²) in [5.41, 5.74) is 0.0431. The van der Waals surface area contributed by atoms with Crippen LogP contribution in [-0.2, 0) is 19.1 Å². The van der Waals surface area contributed by atoms with Crippen molar-refractivity contribution in [1.82, 2.24) is 5.32 Å². The number of rotatable bonds is 8. The third-order valence-corrected chi connectivity index (χ3v) is 4.63. The van der Waals surface area contributed by atoms with E-state index in [1.807, 2.05) is 0 Å². The smallest absolute Gasteiger partial charge is 0.408 e. The zero-order valence-corrected chi connectivity index (χ0v) is 19.7. The lowest BCUT2D eigenvalue weighted by Crippen LogP contribution is -2.46. The summed E-state index contributed by atoms with van der Waals surface area (Å²) in [6, 6.07) is 11.9. The molecule has 9 heteroatoms. The first-order valence-electron chi connectivity index (χ1n) is 10.3. The number of nitrogens with one attached hydrogen (secondary N) is 2. The van der Waals surface area contributed by atoms with E-state index in [4.69, 9.17) is 16.3 Å². The lowest BCUT2D eigenvalue weighted by Gasteiger charge is -2.23. The topological polar surface area (TPSA) is 111 Å². The Morgan fingerprint density at radius 1 is 1.03 bits per heavy atom. The van der Waals surface area contributed by atoms with Crippen LogP contribution >= 0.6 is 11.6 Å². The molecule has 0 bridgehead atoms. The molecule has 33 heavy (non-hydrogen) atoms. The van der Waals surface area contributed by atoms with Crippen molar-refractivity contribution < 1.29 is 28.7 Å². The van der Waals surface area contributed by atoms with Gasteiger partial charge in [0.1, 0.15) is 11.6 Å². The summed E-state index contributed by atoms with van der Waals surface area (Å²) in [6.45, 7) is 5.06. The highest BCUT2D eigenvalue weighted by Gasteiger charge is 2.26. The number of benzene rings is 2. The number of carbonyl (C=O) groups excluding carboxylic acids is 4. The maximum Gasteiger partial charge on any atom is 0.408 e. The minimum Gasteiger partial charge on any atom is -0.469 e. The number of carbonyl (C=O) groups is 4. The average molecular weight is 475 g/mol. The molecule has 0 saturated carbocycles. The van der Waals surface area contributed by atoms with E-state index in [-0.39, 0.29) is 29.9 Å². The van der Waals surface area contributed by atoms with E-state index < -0.39 is 29.6 Å². The number of ketones is 1. The maximum absolute atomic E-state index is 13.0. The minimum atomic E-state index is -1.12. The summed E-state index contributed by atoms with van der Waals surface area (Å²) in [5.74, 6) is -1.50. The van der Waals surface area contributed by atoms with Crippen molar-refractivity contribution in [2.45, 2.75) is 45.3 Å². The number of alkyl carbamates (subject to hydrolysis) is 1. The summed E-state index contributed by atoms with van der Waals surface area (Å²) >= 11 is 6.09. The molecule has 0 aromatic heterocycles. The van der Waals surface area contributed by atoms with E-state index in [1.54, 1.807) is 51.1 Å². The Morgan fingerprint density at radius 2 is 1.70 bits per heavy atom. The zero-order valence-electron chi connectivity index (χ0n) is 18.9. The van der Waals surface area contributed by atoms with Gasteiger partial charge in [0.2, 0.25) is 5.91 Å². The number of ether oxygens (including phenoxy) is 2. The Labute approximate surface area is 197 Å². The van der Waals surface area contributed by atoms with Gasteiger partial charge in [-0.1, -0.05) is 41.9 Å². The van der Waals surface area contributed by atoms with Gasteiger partial charge in [-0.25, -0.2) is 4.79 Å². The fourth-order valence-electron chi connectivity index (χ4n) is 2.86. The van der Waals surface area contributed by atoms with Crippen LogP contribution in [0.15, 0.2) is 48.5 Å². The van der Waals surface area contributed by atoms with Gasteiger partial charge in [-0.2, -0.15) is 0 Å². The molecule has 8 nitrogen and oxygen atoms in total. The van der Waals surface area contributed by atoms with Crippen LogP contribution in [0.3, 0.4) is 0 Å². The molecule has 0 saturated heterocycles. The van der Waals surface area contributed by atoms with Gasteiger partial charge in [0.15, 0.2) is 5.78 Å². The van der Waals surface area contributed by atoms with Crippen LogP contribution in [-0.4, -0.2) is 42.5 Å². The lowest BCUT2D eigenvalue weighted by molar-refractivity contribution is -0.140. The molecule has 0 aliphatic rings. The minimum absolute atomic E-state index is 0.0344. The summed E-state index contributed by atoms with van der Waals surface area (Å²) in [7, 11) is 1.23. The highest BCUT2D eigenvalue weighted by atomic mass is 35.5. The summed E-state index contributed by atoms with van der Waals surface area (Å²) in [5, 5.41) is 5.45. The number of anilines is 1. The quantitative estimate of drug-likeness (QED) is 0.434. The van der Waals surface area contributed by atoms with Crippen LogP contribution in [0.25, 0.3) is 0 Å². The molecule has 2 rings (SSSR count). The van der Waals surface area contributed by atoms with Crippen molar-refractivity contribution >= 4 is 41.0 Å². The predicted octanol–water partition coefficient (Wildman–Crippen LogP) is 4.36. The number of hydrogen-bond donors (Lipinski definition) is 2. The molecule has 0 unspecified atom stereocenters. The molecule has 2 aromatic rings. The van der Waals surface area contributed by atoms with E-state index in [0.717, 1.165) is 0 Å². The van der Waals surface area contributed by atoms with Gasteiger partial charge < -0.3 is 20.1 Å². The number of hydrogen-bond acceptors (Lipinski definition) is 6. The third-order valence-electron chi connectivity index (χ3n) is 4.39. The van der Waals surface area contributed by atoms with Crippen molar-refractivity contribution in [1.29, 1.82) is 0 Å². The summed E-state index contributed by atoms with van der Waals surface area (Å²) in [4.78, 5) is 49.9. The maximum atomic E-state index is 13.0. The van der Waals surface area contributed by atoms with Crippen LogP contribution < -0.4 is 10.6 Å². The average Bonchev–Trinajstić information content (AvgIpc) is 2.76. The molecule has 2 N–H and O–H groups in total. The highest BCUT2D eigenvalue weighted by Crippen LogP contribution is 2.24. The molecule has 0 fully saturated rings. The number of halogens is 1. The van der Waals surface area contributed by atoms with Gasteiger partial charge in [-0.3, -0.25) is 14.4 Å². The van der Waals surface area contributed by atoms with E-state index in [0.29, 0.717) is 10.6 Å². The second-order valence-corrected chi connectivity index (χ2v) is 8.62. The number of amides is 2. The van der Waals surface area contributed by atoms with Crippen molar-refractivity contribution in [3.05, 3.63) is 64.7 Å². The first-order chi connectivity index (χ1) is 15.5. The molecule has 0 radical (unpaired) electrons. The largest absolute Gasteiger partial charge is 0.469 e. The van der Waals surface area contributed by atoms with Crippen molar-refractivity contribution in [2.75, 3.05) is 12.4 Å². The Balaban J connectivity index is 2.27. The first kappa shape index (κ1) is 25.9. The van der Waals surface area contributed by atoms with Crippen LogP contribution in [0.5, 0.6) is 0 Å². The lowest BCUT2D eigenvalue weighted by atomic mass is 10.0. The van der Waals surface area contributed by atoms with Crippen molar-refractivity contribution in [3.8, 4) is 0 Å². The molecule has 176 valence electrons. The van der Waals surface area contributed by atoms with Crippen LogP contribution in [0.4, 0.5) is 10.5 Å². The second-order valence-electron chi connectivity index (χ2n) is 8.19. The SMILES string of the molecule is COC(=O)CC[C@H](NC(=O)OC(C)(C)C)C(=O)Nc1ccc(Cl)cc1C(=O)c1ccccc1. The monoisotopic (exact) mass is 474 g/mol. The highest BCUT2D eigenvalue weighted by molar-refractivity contribution is 6.31. The van der Waals surface area contributed by atoms with Crippen molar-refractivity contribution in [2.24, 2.45) is 0 Å². The van der Waals surface area contributed by atoms with Crippen LogP contribution in [0, 0.1) is 0 Å². The summed E-state index contributed by atoms with van der Waals surface area (Å²) < 4.78 is 9.84. The fourth-order valence-corrected chi connectivity index (χ4v) is 3.03. The van der Waals surface area contributed by atoms with E-state index >= 15 is 0 Å². The predicted molar refractivity (Wildman–Crippen MR) is 124 cm³/mol. The summed E-state index contributed by atoms with van der Waals surface area (Å²) in [6.07, 6.45) is -0.960. The van der Waals surface area contributed by atoms with Crippen LogP contribution in [0.2, 0.25) is 5.02 Å². The standard InChI is InChI=1S/C24H27ClN2O6/c1-24(2,3)33-23(31)27-19(12-13-20(28)32-4)22(30)26-18-11-10-16(25)14-17(18)21(29)15-8-6-5-7-9-15/h5-11,14,19H,12-13H2,1-4H3,(H,26,30)(H,27,31)/t19-/m0/s1. The van der Waals surface area contributed by atoms with Gasteiger partial charge in [0, 0.05) is 22.6 Å². The van der Waals surface area contributed by atoms with E-state index in [2.05, 4.69) is 15.4 Å². The van der Waals surface area contributed by atoms with Gasteiger partial charge in [0.05, 0.1) is 12.8 Å². The molecule has 0 aliphatic heterocycles. The van der Waals surface area contributed by atoms with E-state index in [9.17, 15) is 19.2 Å². The molecule has 2 amide bonds. The normalized spacial score (nSPS) is 11.8. The van der Waals surface area contributed by atoms with E-state index in [1.165, 1.54) is 25.3 Å². The third kappa shape index (κ3) is 8.23. The van der Waals surface area contributed by atoms with Gasteiger partial charge >= 0.3 is 12.1 Å². The molecule has 0 spiro atoms. The molecule has 1 atom stereocenters. The second kappa shape index (κ2) is 11.5. The molecular formula is C24H27ClN2O6. The Hall–Kier alpha value is -3.39. The van der Waals surface area contributed by atoms with Gasteiger partial charge in [0.25, 0.3) is 0 Å². The first-order valence-corrected chi connectivity index (χ1v) is 10.6. The van der Waals surface area contributed by atoms with Gasteiger partial charge in [-0.05, 0) is 45.4 Å². The number of methoxy groups -OCH3 is 1. The Kier molecular flexibility index (Phi) is 8.99. The van der Waals surface area contributed by atoms with Crippen molar-refractivity contribution in [3.63, 3.8) is 0 Å². The Bertz CT molecular complexity index is 1020. The van der Waals surface area contributed by atoms with Crippen LogP contribution in [0.1, 0.15) is 49.5 Å². The molecule has 0 aliphatic carbocycles. The fraction of sp³-hybridized carbons (Fsp3) is 0.333. The Morgan fingerprint density at radius 3 is 2.30 bits per heavy atom. The molecule has 2 aromatic carbocycles.